The zero-order valence-electron chi connectivity index (χ0n) is 10.3. The molecule has 3 aromatic rings. The van der Waals surface area contributed by atoms with Crippen LogP contribution < -0.4 is 0 Å². The summed E-state index contributed by atoms with van der Waals surface area (Å²) in [6, 6.07) is 17.3. The highest BCUT2D eigenvalue weighted by atomic mass is 16.6. The summed E-state index contributed by atoms with van der Waals surface area (Å²) in [6.45, 7) is 3.08. The average molecular weight is 234 g/mol. The summed E-state index contributed by atoms with van der Waals surface area (Å²) >= 11 is 0. The molecule has 0 bridgehead atoms. The number of aryl methyl sites for hydroxylation is 1. The van der Waals surface area contributed by atoms with Crippen LogP contribution in [0.4, 0.5) is 0 Å². The lowest BCUT2D eigenvalue weighted by Crippen LogP contribution is -1.92. The number of benzene rings is 3. The molecule has 1 saturated heterocycles. The minimum absolute atomic E-state index is 0.305. The van der Waals surface area contributed by atoms with Crippen LogP contribution in [-0.2, 0) is 4.74 Å². The van der Waals surface area contributed by atoms with Gasteiger partial charge in [-0.1, -0.05) is 48.5 Å². The van der Waals surface area contributed by atoms with Crippen molar-refractivity contribution in [2.45, 2.75) is 13.0 Å². The van der Waals surface area contributed by atoms with Crippen LogP contribution in [0, 0.1) is 6.92 Å². The second kappa shape index (κ2) is 3.56. The van der Waals surface area contributed by atoms with Gasteiger partial charge in [0.1, 0.15) is 6.10 Å². The fourth-order valence-corrected chi connectivity index (χ4v) is 2.97. The third-order valence-corrected chi connectivity index (χ3v) is 3.90. The van der Waals surface area contributed by atoms with Gasteiger partial charge in [-0.05, 0) is 39.6 Å². The number of hydrogen-bond donors (Lipinski definition) is 0. The maximum atomic E-state index is 5.53. The molecule has 1 nitrogen and oxygen atoms in total. The van der Waals surface area contributed by atoms with Gasteiger partial charge in [0.05, 0.1) is 6.61 Å². The predicted octanol–water partition coefficient (Wildman–Crippen LogP) is 4.37. The summed E-state index contributed by atoms with van der Waals surface area (Å²) in [5.74, 6) is 0. The summed E-state index contributed by atoms with van der Waals surface area (Å²) in [5, 5.41) is 5.37. The van der Waals surface area contributed by atoms with E-state index in [1.54, 1.807) is 0 Å². The summed E-state index contributed by atoms with van der Waals surface area (Å²) in [5.41, 5.74) is 2.75. The number of fused-ring (bicyclic) bond motifs is 3. The lowest BCUT2D eigenvalue weighted by atomic mass is 9.91. The van der Waals surface area contributed by atoms with Crippen LogP contribution in [0.1, 0.15) is 17.2 Å². The second-order valence-corrected chi connectivity index (χ2v) is 4.95. The molecule has 1 aliphatic heterocycles. The van der Waals surface area contributed by atoms with E-state index in [4.69, 9.17) is 4.74 Å². The monoisotopic (exact) mass is 234 g/mol. The Morgan fingerprint density at radius 3 is 1.94 bits per heavy atom. The highest BCUT2D eigenvalue weighted by Crippen LogP contribution is 2.41. The molecule has 0 aliphatic carbocycles. The van der Waals surface area contributed by atoms with Crippen molar-refractivity contribution in [1.29, 1.82) is 0 Å². The van der Waals surface area contributed by atoms with Crippen molar-refractivity contribution in [3.05, 3.63) is 59.7 Å². The first-order chi connectivity index (χ1) is 8.86. The Labute approximate surface area is 106 Å². The largest absolute Gasteiger partial charge is 0.368 e. The van der Waals surface area contributed by atoms with Gasteiger partial charge >= 0.3 is 0 Å². The molecule has 18 heavy (non-hydrogen) atoms. The van der Waals surface area contributed by atoms with Crippen molar-refractivity contribution >= 4 is 21.5 Å². The third-order valence-electron chi connectivity index (χ3n) is 3.90. The molecule has 0 aromatic heterocycles. The Bertz CT molecular complexity index is 754. The molecule has 0 radical (unpaired) electrons. The van der Waals surface area contributed by atoms with E-state index in [-0.39, 0.29) is 0 Å². The van der Waals surface area contributed by atoms with Gasteiger partial charge in [-0.3, -0.25) is 0 Å². The van der Waals surface area contributed by atoms with Crippen LogP contribution in [0.5, 0.6) is 0 Å². The molecular formula is C17H14O. The van der Waals surface area contributed by atoms with Crippen molar-refractivity contribution in [3.8, 4) is 0 Å². The van der Waals surface area contributed by atoms with E-state index in [0.717, 1.165) is 6.61 Å². The molecule has 0 saturated carbocycles. The van der Waals surface area contributed by atoms with Crippen molar-refractivity contribution in [2.24, 2.45) is 0 Å². The van der Waals surface area contributed by atoms with Gasteiger partial charge < -0.3 is 4.74 Å². The lowest BCUT2D eigenvalue weighted by molar-refractivity contribution is 0.416. The molecule has 3 aromatic carbocycles. The van der Waals surface area contributed by atoms with Crippen LogP contribution in [-0.4, -0.2) is 6.61 Å². The molecule has 0 N–H and O–H groups in total. The number of hydrogen-bond acceptors (Lipinski definition) is 1. The molecule has 1 fully saturated rings. The highest BCUT2D eigenvalue weighted by molar-refractivity contribution is 6.10. The van der Waals surface area contributed by atoms with Gasteiger partial charge in [-0.25, -0.2) is 0 Å². The van der Waals surface area contributed by atoms with Crippen molar-refractivity contribution < 1.29 is 4.74 Å². The van der Waals surface area contributed by atoms with E-state index in [2.05, 4.69) is 55.5 Å². The van der Waals surface area contributed by atoms with E-state index < -0.39 is 0 Å². The van der Waals surface area contributed by atoms with Crippen molar-refractivity contribution in [1.82, 2.24) is 0 Å². The Balaban J connectivity index is 2.27. The lowest BCUT2D eigenvalue weighted by Gasteiger charge is -2.13. The zero-order valence-corrected chi connectivity index (χ0v) is 10.3. The van der Waals surface area contributed by atoms with Crippen LogP contribution >= 0.6 is 0 Å². The van der Waals surface area contributed by atoms with Gasteiger partial charge in [0.25, 0.3) is 0 Å². The third kappa shape index (κ3) is 1.31. The Morgan fingerprint density at radius 2 is 1.33 bits per heavy atom. The SMILES string of the molecule is Cc1c([C@H]2CO2)c2ccccc2c2ccccc12. The van der Waals surface area contributed by atoms with Gasteiger partial charge in [0, 0.05) is 0 Å². The van der Waals surface area contributed by atoms with Crippen molar-refractivity contribution in [2.75, 3.05) is 6.61 Å². The maximum absolute atomic E-state index is 5.53. The van der Waals surface area contributed by atoms with Gasteiger partial charge in [0.15, 0.2) is 0 Å². The standard InChI is InChI=1S/C17H14O/c1-11-12-6-2-3-7-13(12)14-8-4-5-9-15(14)17(11)16-10-18-16/h2-9,16H,10H2,1H3/t16-/m1/s1. The quantitative estimate of drug-likeness (QED) is 0.450. The number of epoxide rings is 1. The van der Waals surface area contributed by atoms with Gasteiger partial charge in [0.2, 0.25) is 0 Å². The first-order valence-corrected chi connectivity index (χ1v) is 6.38. The van der Waals surface area contributed by atoms with Crippen LogP contribution in [0.15, 0.2) is 48.5 Å². The minimum atomic E-state index is 0.305. The summed E-state index contributed by atoms with van der Waals surface area (Å²) in [6.07, 6.45) is 0.305. The normalized spacial score (nSPS) is 18.4. The average Bonchev–Trinajstić information content (AvgIpc) is 3.24. The Kier molecular flexibility index (Phi) is 2.00. The van der Waals surface area contributed by atoms with Crippen molar-refractivity contribution in [3.63, 3.8) is 0 Å². The van der Waals surface area contributed by atoms with Crippen LogP contribution in [0.25, 0.3) is 21.5 Å². The van der Waals surface area contributed by atoms with E-state index in [9.17, 15) is 0 Å². The fraction of sp³-hybridized carbons (Fsp3) is 0.176. The first kappa shape index (κ1) is 10.1. The molecule has 1 heterocycles. The molecule has 1 atom stereocenters. The fourth-order valence-electron chi connectivity index (χ4n) is 2.97. The molecule has 1 aliphatic rings. The summed E-state index contributed by atoms with van der Waals surface area (Å²) in [4.78, 5) is 0. The summed E-state index contributed by atoms with van der Waals surface area (Å²) < 4.78 is 5.53. The minimum Gasteiger partial charge on any atom is -0.368 e. The topological polar surface area (TPSA) is 12.5 Å². The molecular weight excluding hydrogens is 220 g/mol. The summed E-state index contributed by atoms with van der Waals surface area (Å²) in [7, 11) is 0. The molecule has 0 spiro atoms. The first-order valence-electron chi connectivity index (χ1n) is 6.38. The van der Waals surface area contributed by atoms with Gasteiger partial charge in [-0.15, -0.1) is 0 Å². The van der Waals surface area contributed by atoms with Crippen LogP contribution in [0.3, 0.4) is 0 Å². The smallest absolute Gasteiger partial charge is 0.107 e. The molecule has 1 heteroatoms. The molecule has 4 rings (SSSR count). The molecule has 88 valence electrons. The van der Waals surface area contributed by atoms with Gasteiger partial charge in [-0.2, -0.15) is 0 Å². The maximum Gasteiger partial charge on any atom is 0.107 e. The number of ether oxygens (including phenoxy) is 1. The Morgan fingerprint density at radius 1 is 0.833 bits per heavy atom. The van der Waals surface area contributed by atoms with E-state index in [1.807, 2.05) is 0 Å². The van der Waals surface area contributed by atoms with Crippen LogP contribution in [0.2, 0.25) is 0 Å². The predicted molar refractivity (Wildman–Crippen MR) is 74.9 cm³/mol. The molecule has 0 amide bonds. The van der Waals surface area contributed by atoms with E-state index >= 15 is 0 Å². The second-order valence-electron chi connectivity index (χ2n) is 4.95. The highest BCUT2D eigenvalue weighted by Gasteiger charge is 2.29. The number of rotatable bonds is 1. The zero-order chi connectivity index (χ0) is 12.1. The Hall–Kier alpha value is -1.86. The molecule has 0 unspecified atom stereocenters. The van der Waals surface area contributed by atoms with E-state index in [0.29, 0.717) is 6.10 Å². The van der Waals surface area contributed by atoms with E-state index in [1.165, 1.54) is 32.7 Å².